The SMILES string of the molecule is [C-]1=CC=CC1.[CH3-].[Ca+2]. The summed E-state index contributed by atoms with van der Waals surface area (Å²) in [7, 11) is 0. The zero-order valence-electron chi connectivity index (χ0n) is 4.65. The Morgan fingerprint density at radius 2 is 2.14 bits per heavy atom. The normalized spacial score (nSPS) is 12.6. The quantitative estimate of drug-likeness (QED) is 0.334. The van der Waals surface area contributed by atoms with Crippen LogP contribution in [-0.4, -0.2) is 37.7 Å². The Balaban J connectivity index is 0. The Hall–Kier alpha value is 0.740. The molecule has 0 spiro atoms. The fraction of sp³-hybridized carbons (Fsp3) is 0.167. The van der Waals surface area contributed by atoms with Crippen molar-refractivity contribution in [2.75, 3.05) is 0 Å². The first-order valence-electron chi connectivity index (χ1n) is 1.72. The first-order valence-corrected chi connectivity index (χ1v) is 1.72. The Morgan fingerprint density at radius 3 is 2.29 bits per heavy atom. The van der Waals surface area contributed by atoms with E-state index in [9.17, 15) is 0 Å². The van der Waals surface area contributed by atoms with Gasteiger partial charge in [-0.1, -0.05) is 0 Å². The van der Waals surface area contributed by atoms with Gasteiger partial charge < -0.3 is 7.43 Å². The number of rotatable bonds is 0. The van der Waals surface area contributed by atoms with Crippen molar-refractivity contribution in [1.29, 1.82) is 0 Å². The molecule has 1 aliphatic carbocycles. The summed E-state index contributed by atoms with van der Waals surface area (Å²) < 4.78 is 0. The minimum absolute atomic E-state index is 0. The van der Waals surface area contributed by atoms with Gasteiger partial charge in [0.2, 0.25) is 0 Å². The molecule has 0 aromatic heterocycles. The van der Waals surface area contributed by atoms with Gasteiger partial charge in [0.25, 0.3) is 0 Å². The second-order valence-corrected chi connectivity index (χ2v) is 1.00. The average molecular weight is 120 g/mol. The molecule has 1 aliphatic rings. The third kappa shape index (κ3) is 4.60. The van der Waals surface area contributed by atoms with Crippen LogP contribution in [0.2, 0.25) is 0 Å². The maximum Gasteiger partial charge on any atom is 2.00 e. The summed E-state index contributed by atoms with van der Waals surface area (Å²) in [6.45, 7) is 0. The molecular formula is C6H8Ca. The average Bonchev–Trinajstić information content (AvgIpc) is 1.76. The standard InChI is InChI=1S/C5H5.CH3.Ca/c1-2-4-5-3-1;;/h1-3H,4H2;1H3;/q2*-1;+2. The first kappa shape index (κ1) is 10.7. The number of hydrogen-bond acceptors (Lipinski definition) is 0. The molecular weight excluding hydrogens is 112 g/mol. The Kier molecular flexibility index (Phi) is 10.3. The topological polar surface area (TPSA) is 0 Å². The minimum atomic E-state index is 0. The van der Waals surface area contributed by atoms with Gasteiger partial charge in [0.15, 0.2) is 0 Å². The summed E-state index contributed by atoms with van der Waals surface area (Å²) in [6, 6.07) is 0. The van der Waals surface area contributed by atoms with Gasteiger partial charge in [-0.3, -0.25) is 6.08 Å². The molecule has 0 amide bonds. The Bertz CT molecular complexity index is 62.2. The third-order valence-corrected chi connectivity index (χ3v) is 0.586. The zero-order valence-corrected chi connectivity index (χ0v) is 6.85. The van der Waals surface area contributed by atoms with Crippen LogP contribution in [-0.2, 0) is 0 Å². The van der Waals surface area contributed by atoms with E-state index in [2.05, 4.69) is 12.2 Å². The van der Waals surface area contributed by atoms with Crippen molar-refractivity contribution < 1.29 is 0 Å². The van der Waals surface area contributed by atoms with Crippen LogP contribution in [0, 0.1) is 13.5 Å². The van der Waals surface area contributed by atoms with Crippen molar-refractivity contribution in [2.24, 2.45) is 0 Å². The van der Waals surface area contributed by atoms with E-state index in [0.29, 0.717) is 0 Å². The molecule has 0 unspecified atom stereocenters. The van der Waals surface area contributed by atoms with E-state index in [1.54, 1.807) is 0 Å². The predicted molar refractivity (Wildman–Crippen MR) is 33.7 cm³/mol. The maximum absolute atomic E-state index is 2.99. The van der Waals surface area contributed by atoms with Crippen LogP contribution in [0.1, 0.15) is 6.42 Å². The van der Waals surface area contributed by atoms with Crippen molar-refractivity contribution in [1.82, 2.24) is 0 Å². The van der Waals surface area contributed by atoms with Gasteiger partial charge in [-0.25, -0.2) is 12.2 Å². The van der Waals surface area contributed by atoms with Crippen molar-refractivity contribution in [2.45, 2.75) is 6.42 Å². The van der Waals surface area contributed by atoms with Gasteiger partial charge in [0, 0.05) is 0 Å². The summed E-state index contributed by atoms with van der Waals surface area (Å²) in [5.41, 5.74) is 0. The second kappa shape index (κ2) is 6.74. The van der Waals surface area contributed by atoms with Crippen LogP contribution in [0.3, 0.4) is 0 Å². The van der Waals surface area contributed by atoms with Crippen LogP contribution >= 0.6 is 0 Å². The molecule has 0 aliphatic heterocycles. The molecule has 0 fully saturated rings. The molecule has 0 nitrogen and oxygen atoms in total. The maximum atomic E-state index is 2.99. The van der Waals surface area contributed by atoms with Gasteiger partial charge in [-0.05, 0) is 0 Å². The fourth-order valence-corrected chi connectivity index (χ4v) is 0.340. The van der Waals surface area contributed by atoms with Crippen LogP contribution in [0.25, 0.3) is 0 Å². The Morgan fingerprint density at radius 1 is 1.43 bits per heavy atom. The van der Waals surface area contributed by atoms with Crippen molar-refractivity contribution in [3.8, 4) is 0 Å². The molecule has 0 heterocycles. The van der Waals surface area contributed by atoms with Gasteiger partial charge in [-0.15, -0.1) is 6.42 Å². The van der Waals surface area contributed by atoms with Crippen LogP contribution in [0.15, 0.2) is 18.2 Å². The molecule has 0 radical (unpaired) electrons. The van der Waals surface area contributed by atoms with E-state index in [0.717, 1.165) is 6.42 Å². The summed E-state index contributed by atoms with van der Waals surface area (Å²) >= 11 is 0. The van der Waals surface area contributed by atoms with Gasteiger partial charge >= 0.3 is 37.7 Å². The molecule has 0 saturated carbocycles. The monoisotopic (exact) mass is 120 g/mol. The van der Waals surface area contributed by atoms with E-state index in [4.69, 9.17) is 0 Å². The summed E-state index contributed by atoms with van der Waals surface area (Å²) in [5, 5.41) is 0. The Labute approximate surface area is 75.3 Å². The molecule has 0 saturated heterocycles. The molecule has 0 aromatic rings. The van der Waals surface area contributed by atoms with E-state index in [1.807, 2.05) is 12.2 Å². The van der Waals surface area contributed by atoms with E-state index >= 15 is 0 Å². The fourth-order valence-electron chi connectivity index (χ4n) is 0.340. The van der Waals surface area contributed by atoms with Crippen LogP contribution in [0.5, 0.6) is 0 Å². The van der Waals surface area contributed by atoms with E-state index < -0.39 is 0 Å². The second-order valence-electron chi connectivity index (χ2n) is 1.00. The minimum Gasteiger partial charge on any atom is -0.358 e. The third-order valence-electron chi connectivity index (χ3n) is 0.586. The number of hydrogen-bond donors (Lipinski definition) is 0. The van der Waals surface area contributed by atoms with Gasteiger partial charge in [0.1, 0.15) is 0 Å². The molecule has 0 atom stereocenters. The van der Waals surface area contributed by atoms with Gasteiger partial charge in [0.05, 0.1) is 0 Å². The largest absolute Gasteiger partial charge is 2.00 e. The van der Waals surface area contributed by atoms with E-state index in [1.165, 1.54) is 0 Å². The molecule has 1 rings (SSSR count). The van der Waals surface area contributed by atoms with Crippen molar-refractivity contribution in [3.05, 3.63) is 31.7 Å². The van der Waals surface area contributed by atoms with Crippen molar-refractivity contribution in [3.63, 3.8) is 0 Å². The molecule has 0 aromatic carbocycles. The van der Waals surface area contributed by atoms with Crippen LogP contribution < -0.4 is 0 Å². The smallest absolute Gasteiger partial charge is 0.358 e. The van der Waals surface area contributed by atoms with E-state index in [-0.39, 0.29) is 45.2 Å². The molecule has 0 bridgehead atoms. The first-order chi connectivity index (χ1) is 2.50. The summed E-state index contributed by atoms with van der Waals surface area (Å²) in [4.78, 5) is 0. The molecule has 7 heavy (non-hydrogen) atoms. The number of allylic oxidation sites excluding steroid dienone is 4. The molecule has 0 N–H and O–H groups in total. The predicted octanol–water partition coefficient (Wildman–Crippen LogP) is 1.38. The molecule has 1 heteroatoms. The molecule has 34 valence electrons. The summed E-state index contributed by atoms with van der Waals surface area (Å²) in [5.74, 6) is 0. The zero-order chi connectivity index (χ0) is 3.54. The van der Waals surface area contributed by atoms with Crippen molar-refractivity contribution >= 4 is 37.7 Å². The van der Waals surface area contributed by atoms with Gasteiger partial charge in [-0.2, -0.15) is 6.08 Å². The summed E-state index contributed by atoms with van der Waals surface area (Å²) in [6.07, 6.45) is 10.0. The van der Waals surface area contributed by atoms with Crippen LogP contribution in [0.4, 0.5) is 0 Å².